The van der Waals surface area contributed by atoms with E-state index in [2.05, 4.69) is 44.3 Å². The summed E-state index contributed by atoms with van der Waals surface area (Å²) < 4.78 is 0. The van der Waals surface area contributed by atoms with Crippen molar-refractivity contribution in [2.75, 3.05) is 6.54 Å². The van der Waals surface area contributed by atoms with Crippen molar-refractivity contribution in [3.63, 3.8) is 0 Å². The fraction of sp³-hybridized carbons (Fsp3) is 0.600. The second-order valence-electron chi connectivity index (χ2n) is 6.34. The summed E-state index contributed by atoms with van der Waals surface area (Å²) in [6.07, 6.45) is 3.85. The highest BCUT2D eigenvalue weighted by molar-refractivity contribution is 5.47. The van der Waals surface area contributed by atoms with Crippen molar-refractivity contribution in [2.24, 2.45) is 0 Å². The van der Waals surface area contributed by atoms with Gasteiger partial charge in [-0.25, -0.2) is 0 Å². The molecule has 0 bridgehead atoms. The topological polar surface area (TPSA) is 12.0 Å². The molecule has 1 aliphatic carbocycles. The first kappa shape index (κ1) is 10.3. The molecule has 86 valence electrons. The van der Waals surface area contributed by atoms with Crippen molar-refractivity contribution in [1.29, 1.82) is 0 Å². The van der Waals surface area contributed by atoms with Crippen LogP contribution in [0.1, 0.15) is 50.3 Å². The highest BCUT2D eigenvalue weighted by Crippen LogP contribution is 2.49. The summed E-state index contributed by atoms with van der Waals surface area (Å²) in [7, 11) is 0. The molecule has 1 aromatic carbocycles. The minimum absolute atomic E-state index is 0.277. The van der Waals surface area contributed by atoms with Crippen LogP contribution in [0.3, 0.4) is 0 Å². The molecule has 16 heavy (non-hydrogen) atoms. The molecule has 1 fully saturated rings. The first-order valence-corrected chi connectivity index (χ1v) is 6.41. The average molecular weight is 215 g/mol. The van der Waals surface area contributed by atoms with Gasteiger partial charge in [0.1, 0.15) is 0 Å². The summed E-state index contributed by atoms with van der Waals surface area (Å²) in [6.45, 7) is 8.12. The Morgan fingerprint density at radius 3 is 2.56 bits per heavy atom. The Balaban J connectivity index is 2.16. The van der Waals surface area contributed by atoms with E-state index in [-0.39, 0.29) is 5.41 Å². The number of hydrogen-bond donors (Lipinski definition) is 1. The lowest BCUT2D eigenvalue weighted by Crippen LogP contribution is -2.37. The minimum atomic E-state index is 0.277. The molecule has 0 amide bonds. The van der Waals surface area contributed by atoms with Gasteiger partial charge in [0.2, 0.25) is 0 Å². The molecule has 1 nitrogen and oxygen atoms in total. The third kappa shape index (κ3) is 1.41. The molecule has 1 aromatic rings. The van der Waals surface area contributed by atoms with E-state index < -0.39 is 0 Å². The zero-order chi connectivity index (χ0) is 11.4. The molecule has 0 radical (unpaired) electrons. The van der Waals surface area contributed by atoms with Crippen LogP contribution in [0.25, 0.3) is 0 Å². The second-order valence-corrected chi connectivity index (χ2v) is 6.34. The molecule has 0 unspecified atom stereocenters. The van der Waals surface area contributed by atoms with E-state index in [1.54, 1.807) is 16.7 Å². The predicted molar refractivity (Wildman–Crippen MR) is 67.8 cm³/mol. The SMILES string of the molecule is CC(C)(C)c1cccc2c1CCNC21CC1. The van der Waals surface area contributed by atoms with Gasteiger partial charge < -0.3 is 5.32 Å². The van der Waals surface area contributed by atoms with E-state index in [1.807, 2.05) is 0 Å². The third-order valence-corrected chi connectivity index (χ3v) is 4.09. The molecule has 0 atom stereocenters. The lowest BCUT2D eigenvalue weighted by molar-refractivity contribution is 0.478. The first-order chi connectivity index (χ1) is 7.53. The second kappa shape index (κ2) is 3.10. The van der Waals surface area contributed by atoms with Gasteiger partial charge in [-0.15, -0.1) is 0 Å². The Labute approximate surface area is 98.3 Å². The summed E-state index contributed by atoms with van der Waals surface area (Å²) in [5, 5.41) is 3.70. The van der Waals surface area contributed by atoms with E-state index in [4.69, 9.17) is 0 Å². The third-order valence-electron chi connectivity index (χ3n) is 4.09. The molecule has 1 heterocycles. The summed E-state index contributed by atoms with van der Waals surface area (Å²) in [5.74, 6) is 0. The van der Waals surface area contributed by atoms with Gasteiger partial charge in [-0.05, 0) is 41.4 Å². The van der Waals surface area contributed by atoms with Crippen LogP contribution in [0.5, 0.6) is 0 Å². The van der Waals surface area contributed by atoms with Crippen LogP contribution >= 0.6 is 0 Å². The molecule has 0 saturated heterocycles. The molecule has 3 rings (SSSR count). The van der Waals surface area contributed by atoms with E-state index in [1.165, 1.54) is 19.3 Å². The highest BCUT2D eigenvalue weighted by Gasteiger charge is 2.47. The van der Waals surface area contributed by atoms with E-state index in [0.717, 1.165) is 6.54 Å². The van der Waals surface area contributed by atoms with Crippen molar-refractivity contribution in [3.05, 3.63) is 34.9 Å². The summed E-state index contributed by atoms with van der Waals surface area (Å²) in [5.41, 5.74) is 5.42. The summed E-state index contributed by atoms with van der Waals surface area (Å²) >= 11 is 0. The summed E-state index contributed by atoms with van der Waals surface area (Å²) in [4.78, 5) is 0. The van der Waals surface area contributed by atoms with Crippen molar-refractivity contribution in [2.45, 2.75) is 51.0 Å². The van der Waals surface area contributed by atoms with Crippen molar-refractivity contribution in [3.8, 4) is 0 Å². The predicted octanol–water partition coefficient (Wildman–Crippen LogP) is 3.12. The van der Waals surface area contributed by atoms with Crippen LogP contribution in [0.4, 0.5) is 0 Å². The van der Waals surface area contributed by atoms with Gasteiger partial charge in [-0.3, -0.25) is 0 Å². The standard InChI is InChI=1S/C15H21N/c1-14(2,3)12-5-4-6-13-11(12)7-10-16-15(13)8-9-15/h4-6,16H,7-10H2,1-3H3. The van der Waals surface area contributed by atoms with E-state index in [9.17, 15) is 0 Å². The van der Waals surface area contributed by atoms with Crippen LogP contribution in [-0.2, 0) is 17.4 Å². The fourth-order valence-corrected chi connectivity index (χ4v) is 3.10. The van der Waals surface area contributed by atoms with Crippen LogP contribution in [0.15, 0.2) is 18.2 Å². The van der Waals surface area contributed by atoms with Gasteiger partial charge in [0, 0.05) is 12.1 Å². The van der Waals surface area contributed by atoms with E-state index in [0.29, 0.717) is 5.54 Å². The van der Waals surface area contributed by atoms with Gasteiger partial charge in [0.05, 0.1) is 0 Å². The monoisotopic (exact) mass is 215 g/mol. The molecule has 1 heteroatoms. The summed E-state index contributed by atoms with van der Waals surface area (Å²) in [6, 6.07) is 6.90. The molecule has 1 spiro atoms. The van der Waals surface area contributed by atoms with Gasteiger partial charge in [0.25, 0.3) is 0 Å². The molecule has 1 N–H and O–H groups in total. The molecule has 1 saturated carbocycles. The average Bonchev–Trinajstić information content (AvgIpc) is 2.97. The quantitative estimate of drug-likeness (QED) is 0.701. The lowest BCUT2D eigenvalue weighted by atomic mass is 9.78. The molecular weight excluding hydrogens is 194 g/mol. The number of hydrogen-bond acceptors (Lipinski definition) is 1. The normalized spacial score (nSPS) is 21.9. The Morgan fingerprint density at radius 1 is 1.19 bits per heavy atom. The van der Waals surface area contributed by atoms with Crippen LogP contribution in [0.2, 0.25) is 0 Å². The van der Waals surface area contributed by atoms with Crippen LogP contribution < -0.4 is 5.32 Å². The Morgan fingerprint density at radius 2 is 1.94 bits per heavy atom. The maximum Gasteiger partial charge on any atom is 0.0439 e. The lowest BCUT2D eigenvalue weighted by Gasteiger charge is -2.32. The van der Waals surface area contributed by atoms with Crippen molar-refractivity contribution in [1.82, 2.24) is 5.32 Å². The van der Waals surface area contributed by atoms with E-state index >= 15 is 0 Å². The maximum absolute atomic E-state index is 3.70. The molecular formula is C15H21N. The fourth-order valence-electron chi connectivity index (χ4n) is 3.10. The number of rotatable bonds is 0. The minimum Gasteiger partial charge on any atom is -0.307 e. The number of fused-ring (bicyclic) bond motifs is 2. The smallest absolute Gasteiger partial charge is 0.0439 e. The molecule has 1 aliphatic heterocycles. The van der Waals surface area contributed by atoms with Gasteiger partial charge in [-0.2, -0.15) is 0 Å². The van der Waals surface area contributed by atoms with Crippen LogP contribution in [0, 0.1) is 0 Å². The number of nitrogens with one attached hydrogen (secondary N) is 1. The van der Waals surface area contributed by atoms with Gasteiger partial charge in [0.15, 0.2) is 0 Å². The zero-order valence-corrected chi connectivity index (χ0v) is 10.6. The van der Waals surface area contributed by atoms with Crippen molar-refractivity contribution < 1.29 is 0 Å². The Bertz CT molecular complexity index is 407. The number of benzene rings is 1. The van der Waals surface area contributed by atoms with Gasteiger partial charge in [-0.1, -0.05) is 39.0 Å². The highest BCUT2D eigenvalue weighted by atomic mass is 15.0. The largest absolute Gasteiger partial charge is 0.307 e. The first-order valence-electron chi connectivity index (χ1n) is 6.41. The Hall–Kier alpha value is -0.820. The van der Waals surface area contributed by atoms with Crippen LogP contribution in [-0.4, -0.2) is 6.54 Å². The van der Waals surface area contributed by atoms with Gasteiger partial charge >= 0.3 is 0 Å². The maximum atomic E-state index is 3.70. The zero-order valence-electron chi connectivity index (χ0n) is 10.6. The van der Waals surface area contributed by atoms with Crippen molar-refractivity contribution >= 4 is 0 Å². The Kier molecular flexibility index (Phi) is 2.00. The molecule has 0 aromatic heterocycles. The molecule has 2 aliphatic rings.